The molecule has 3 rings (SSSR count). The number of rotatable bonds is 5. The molecular weight excluding hydrogens is 354 g/mol. The molecule has 1 N–H and O–H groups in total. The summed E-state index contributed by atoms with van der Waals surface area (Å²) >= 11 is 0. The lowest BCUT2D eigenvalue weighted by Crippen LogP contribution is -2.48. The zero-order valence-corrected chi connectivity index (χ0v) is 16.7. The van der Waals surface area contributed by atoms with E-state index in [1.165, 1.54) is 0 Å². The van der Waals surface area contributed by atoms with Crippen LogP contribution in [0.25, 0.3) is 0 Å². The Kier molecular flexibility index (Phi) is 6.23. The fourth-order valence-electron chi connectivity index (χ4n) is 3.43. The highest BCUT2D eigenvalue weighted by Gasteiger charge is 2.21. The van der Waals surface area contributed by atoms with Crippen LogP contribution in [0.3, 0.4) is 0 Å². The molecule has 0 radical (unpaired) electrons. The molecule has 1 aromatic carbocycles. The topological polar surface area (TPSA) is 78.4 Å². The van der Waals surface area contributed by atoms with E-state index in [9.17, 15) is 9.59 Å². The van der Waals surface area contributed by atoms with Gasteiger partial charge in [0.05, 0.1) is 0 Å². The molecule has 1 fully saturated rings. The minimum absolute atomic E-state index is 0.0787. The average molecular weight is 381 g/mol. The van der Waals surface area contributed by atoms with Crippen LogP contribution in [0, 0.1) is 0 Å². The number of anilines is 2. The zero-order chi connectivity index (χ0) is 20.1. The highest BCUT2D eigenvalue weighted by molar-refractivity contribution is 6.03. The fourth-order valence-corrected chi connectivity index (χ4v) is 3.43. The van der Waals surface area contributed by atoms with Crippen LogP contribution in [0.15, 0.2) is 30.5 Å². The van der Waals surface area contributed by atoms with E-state index in [1.54, 1.807) is 24.1 Å². The molecular formula is C21H27N5O2. The van der Waals surface area contributed by atoms with Gasteiger partial charge in [-0.05, 0) is 30.0 Å². The number of nitrogens with one attached hydrogen (secondary N) is 1. The SMILES string of the molecule is CCc1cccc(CC)c1NC(=O)c1ccnc(N2CCN(C(C)=O)CC2)n1. The lowest BCUT2D eigenvalue weighted by molar-refractivity contribution is -0.129. The number of nitrogens with zero attached hydrogens (tertiary/aromatic N) is 4. The average Bonchev–Trinajstić information content (AvgIpc) is 2.74. The summed E-state index contributed by atoms with van der Waals surface area (Å²) in [5.41, 5.74) is 3.45. The van der Waals surface area contributed by atoms with Crippen LogP contribution in [-0.4, -0.2) is 52.9 Å². The summed E-state index contributed by atoms with van der Waals surface area (Å²) in [7, 11) is 0. The van der Waals surface area contributed by atoms with Crippen molar-refractivity contribution in [1.29, 1.82) is 0 Å². The van der Waals surface area contributed by atoms with Gasteiger partial charge < -0.3 is 15.1 Å². The Morgan fingerprint density at radius 2 is 1.68 bits per heavy atom. The second-order valence-electron chi connectivity index (χ2n) is 6.85. The molecule has 148 valence electrons. The summed E-state index contributed by atoms with van der Waals surface area (Å²) in [5, 5.41) is 3.05. The molecule has 2 aromatic rings. The van der Waals surface area contributed by atoms with E-state index in [0.717, 1.165) is 29.7 Å². The van der Waals surface area contributed by atoms with Gasteiger partial charge in [-0.25, -0.2) is 9.97 Å². The summed E-state index contributed by atoms with van der Waals surface area (Å²) in [6, 6.07) is 7.73. The lowest BCUT2D eigenvalue weighted by Gasteiger charge is -2.34. The molecule has 2 heterocycles. The van der Waals surface area contributed by atoms with Gasteiger partial charge in [0.2, 0.25) is 11.9 Å². The van der Waals surface area contributed by atoms with Gasteiger partial charge in [-0.15, -0.1) is 0 Å². The molecule has 1 saturated heterocycles. The Bertz CT molecular complexity index is 837. The predicted octanol–water partition coefficient (Wildman–Crippen LogP) is 2.52. The molecule has 28 heavy (non-hydrogen) atoms. The smallest absolute Gasteiger partial charge is 0.274 e. The van der Waals surface area contributed by atoms with Crippen LogP contribution in [0.2, 0.25) is 0 Å². The Balaban J connectivity index is 1.76. The van der Waals surface area contributed by atoms with Gasteiger partial charge in [0.1, 0.15) is 5.69 Å². The molecule has 0 atom stereocenters. The van der Waals surface area contributed by atoms with Gasteiger partial charge in [0, 0.05) is 45.0 Å². The Hall–Kier alpha value is -2.96. The summed E-state index contributed by atoms with van der Waals surface area (Å²) in [6.07, 6.45) is 3.30. The minimum Gasteiger partial charge on any atom is -0.339 e. The number of hydrogen-bond acceptors (Lipinski definition) is 5. The van der Waals surface area contributed by atoms with Gasteiger partial charge in [0.15, 0.2) is 0 Å². The second kappa shape index (κ2) is 8.82. The van der Waals surface area contributed by atoms with Crippen LogP contribution in [0.1, 0.15) is 42.4 Å². The van der Waals surface area contributed by atoms with E-state index in [-0.39, 0.29) is 11.8 Å². The zero-order valence-electron chi connectivity index (χ0n) is 16.7. The van der Waals surface area contributed by atoms with Crippen LogP contribution in [0.5, 0.6) is 0 Å². The van der Waals surface area contributed by atoms with Crippen molar-refractivity contribution in [3.8, 4) is 0 Å². The second-order valence-corrected chi connectivity index (χ2v) is 6.85. The fraction of sp³-hybridized carbons (Fsp3) is 0.429. The molecule has 1 aliphatic heterocycles. The molecule has 0 bridgehead atoms. The van der Waals surface area contributed by atoms with E-state index >= 15 is 0 Å². The Morgan fingerprint density at radius 3 is 2.25 bits per heavy atom. The van der Waals surface area contributed by atoms with E-state index in [2.05, 4.69) is 29.1 Å². The molecule has 0 unspecified atom stereocenters. The number of hydrogen-bond donors (Lipinski definition) is 1. The highest BCUT2D eigenvalue weighted by atomic mass is 16.2. The first kappa shape index (κ1) is 19.8. The number of aromatic nitrogens is 2. The monoisotopic (exact) mass is 381 g/mol. The van der Waals surface area contributed by atoms with Crippen LogP contribution >= 0.6 is 0 Å². The first-order valence-corrected chi connectivity index (χ1v) is 9.79. The Morgan fingerprint density at radius 1 is 1.04 bits per heavy atom. The number of aryl methyl sites for hydroxylation is 2. The van der Waals surface area contributed by atoms with Crippen molar-refractivity contribution in [2.45, 2.75) is 33.6 Å². The maximum absolute atomic E-state index is 12.9. The number of carbonyl (C=O) groups is 2. The van der Waals surface area contributed by atoms with Gasteiger partial charge in [-0.3, -0.25) is 9.59 Å². The van der Waals surface area contributed by atoms with Crippen molar-refractivity contribution in [2.24, 2.45) is 0 Å². The number of benzene rings is 1. The third-order valence-electron chi connectivity index (χ3n) is 5.12. The third-order valence-corrected chi connectivity index (χ3v) is 5.12. The number of piperazine rings is 1. The van der Waals surface area contributed by atoms with Crippen LogP contribution < -0.4 is 10.2 Å². The molecule has 2 amide bonds. The molecule has 0 spiro atoms. The largest absolute Gasteiger partial charge is 0.339 e. The van der Waals surface area contributed by atoms with Crippen molar-refractivity contribution < 1.29 is 9.59 Å². The van der Waals surface area contributed by atoms with E-state index < -0.39 is 0 Å². The molecule has 7 heteroatoms. The molecule has 0 saturated carbocycles. The standard InChI is InChI=1S/C21H27N5O2/c1-4-16-7-6-8-17(5-2)19(16)24-20(28)18-9-10-22-21(23-18)26-13-11-25(12-14-26)15(3)27/h6-10H,4-5,11-14H2,1-3H3,(H,24,28). The third kappa shape index (κ3) is 4.30. The van der Waals surface area contributed by atoms with Crippen molar-refractivity contribution in [3.63, 3.8) is 0 Å². The molecule has 1 aliphatic rings. The van der Waals surface area contributed by atoms with Crippen LogP contribution in [0.4, 0.5) is 11.6 Å². The maximum atomic E-state index is 12.9. The number of carbonyl (C=O) groups excluding carboxylic acids is 2. The molecule has 7 nitrogen and oxygen atoms in total. The van der Waals surface area contributed by atoms with E-state index in [1.807, 2.05) is 23.1 Å². The van der Waals surface area contributed by atoms with Gasteiger partial charge in [0.25, 0.3) is 5.91 Å². The van der Waals surface area contributed by atoms with Crippen molar-refractivity contribution >= 4 is 23.5 Å². The van der Waals surface area contributed by atoms with Gasteiger partial charge >= 0.3 is 0 Å². The predicted molar refractivity (Wildman–Crippen MR) is 110 cm³/mol. The number of para-hydroxylation sites is 1. The van der Waals surface area contributed by atoms with Crippen molar-refractivity contribution in [1.82, 2.24) is 14.9 Å². The number of amides is 2. The summed E-state index contributed by atoms with van der Waals surface area (Å²) in [6.45, 7) is 8.32. The summed E-state index contributed by atoms with van der Waals surface area (Å²) in [5.74, 6) is 0.368. The minimum atomic E-state index is -0.235. The Labute approximate surface area is 165 Å². The quantitative estimate of drug-likeness (QED) is 0.861. The molecule has 0 aliphatic carbocycles. The summed E-state index contributed by atoms with van der Waals surface area (Å²) < 4.78 is 0. The van der Waals surface area contributed by atoms with Gasteiger partial charge in [-0.2, -0.15) is 0 Å². The van der Waals surface area contributed by atoms with Crippen LogP contribution in [-0.2, 0) is 17.6 Å². The van der Waals surface area contributed by atoms with Crippen molar-refractivity contribution in [2.75, 3.05) is 36.4 Å². The maximum Gasteiger partial charge on any atom is 0.274 e. The highest BCUT2D eigenvalue weighted by Crippen LogP contribution is 2.23. The first-order valence-electron chi connectivity index (χ1n) is 9.79. The van der Waals surface area contributed by atoms with E-state index in [4.69, 9.17) is 0 Å². The summed E-state index contributed by atoms with van der Waals surface area (Å²) in [4.78, 5) is 36.9. The van der Waals surface area contributed by atoms with Crippen molar-refractivity contribution in [3.05, 3.63) is 47.3 Å². The van der Waals surface area contributed by atoms with Gasteiger partial charge in [-0.1, -0.05) is 32.0 Å². The normalized spacial score (nSPS) is 14.1. The first-order chi connectivity index (χ1) is 13.5. The van der Waals surface area contributed by atoms with E-state index in [0.29, 0.717) is 37.8 Å². The lowest BCUT2D eigenvalue weighted by atomic mass is 10.0. The molecule has 1 aromatic heterocycles.